The average Bonchev–Trinajstić information content (AvgIpc) is 3.02. The summed E-state index contributed by atoms with van der Waals surface area (Å²) in [4.78, 5) is 0. The zero-order valence-corrected chi connectivity index (χ0v) is 32.1. The molecule has 0 rings (SSSR count). The molecular weight excluding hydrogens is 504 g/mol. The summed E-state index contributed by atoms with van der Waals surface area (Å²) in [6.45, 7) is 47.7. The Kier molecular flexibility index (Phi) is 228. The largest absolute Gasteiger partial charge is 0.103 e. The van der Waals surface area contributed by atoms with Gasteiger partial charge in [-0.2, -0.15) is 0 Å². The maximum atomic E-state index is 3.48. The van der Waals surface area contributed by atoms with Crippen LogP contribution in [0.1, 0.15) is 149 Å². The number of hydrogen-bond acceptors (Lipinski definition) is 0. The van der Waals surface area contributed by atoms with Gasteiger partial charge in [0.05, 0.1) is 0 Å². The van der Waals surface area contributed by atoms with Gasteiger partial charge in [0.25, 0.3) is 0 Å². The first-order chi connectivity index (χ1) is 20.1. The molecule has 0 aliphatic carbocycles. The van der Waals surface area contributed by atoms with Crippen molar-refractivity contribution in [2.45, 2.75) is 149 Å². The van der Waals surface area contributed by atoms with Crippen molar-refractivity contribution < 1.29 is 0 Å². The van der Waals surface area contributed by atoms with Crippen LogP contribution in [0.3, 0.4) is 0 Å². The molecule has 0 aromatic carbocycles. The number of allylic oxidation sites excluding steroid dienone is 15. The smallest absolute Gasteiger partial charge is 0.0379 e. The van der Waals surface area contributed by atoms with E-state index in [0.717, 1.165) is 32.1 Å². The topological polar surface area (TPSA) is 0 Å². The van der Waals surface area contributed by atoms with Crippen LogP contribution in [0, 0.1) is 0 Å². The first-order valence-corrected chi connectivity index (χ1v) is 16.1. The predicted molar refractivity (Wildman–Crippen MR) is 214 cm³/mol. The van der Waals surface area contributed by atoms with E-state index < -0.39 is 0 Å². The van der Waals surface area contributed by atoms with Gasteiger partial charge in [0.2, 0.25) is 0 Å². The Balaban J connectivity index is -0.0000000341. The van der Waals surface area contributed by atoms with Crippen molar-refractivity contribution in [3.05, 3.63) is 124 Å². The molecule has 0 spiro atoms. The van der Waals surface area contributed by atoms with Crippen LogP contribution in [0.5, 0.6) is 0 Å². The lowest BCUT2D eigenvalue weighted by atomic mass is 10.4. The average molecular weight is 589 g/mol. The van der Waals surface area contributed by atoms with Crippen molar-refractivity contribution in [3.8, 4) is 0 Å². The molecule has 0 saturated carbocycles. The Bertz CT molecular complexity index is 431. The minimum Gasteiger partial charge on any atom is -0.103 e. The summed E-state index contributed by atoms with van der Waals surface area (Å²) >= 11 is 0. The molecule has 0 heterocycles. The molecule has 42 heavy (non-hydrogen) atoms. The van der Waals surface area contributed by atoms with Gasteiger partial charge in [-0.1, -0.05) is 140 Å². The highest BCUT2D eigenvalue weighted by Crippen LogP contribution is 1.81. The van der Waals surface area contributed by atoms with Crippen molar-refractivity contribution in [3.63, 3.8) is 0 Å². The highest BCUT2D eigenvalue weighted by Gasteiger charge is 1.60. The molecule has 0 aliphatic heterocycles. The van der Waals surface area contributed by atoms with Gasteiger partial charge >= 0.3 is 0 Å². The fourth-order valence-electron chi connectivity index (χ4n) is 0.805. The van der Waals surface area contributed by atoms with Gasteiger partial charge in [-0.05, 0) is 100 Å². The quantitative estimate of drug-likeness (QED) is 0.259. The van der Waals surface area contributed by atoms with Gasteiger partial charge in [0, 0.05) is 0 Å². The molecule has 0 unspecified atom stereocenters. The third-order valence-electron chi connectivity index (χ3n) is 3.11. The lowest BCUT2D eigenvalue weighted by Crippen LogP contribution is -1.51. The second-order valence-corrected chi connectivity index (χ2v) is 7.48. The summed E-state index contributed by atoms with van der Waals surface area (Å²) in [5.41, 5.74) is 0. The molecule has 0 bridgehead atoms. The maximum Gasteiger partial charge on any atom is -0.0379 e. The molecule has 0 amide bonds. The van der Waals surface area contributed by atoms with Crippen molar-refractivity contribution in [1.29, 1.82) is 0 Å². The van der Waals surface area contributed by atoms with Crippen LogP contribution >= 0.6 is 0 Å². The van der Waals surface area contributed by atoms with E-state index in [0.29, 0.717) is 0 Å². The van der Waals surface area contributed by atoms with Crippen LogP contribution in [0.25, 0.3) is 0 Å². The van der Waals surface area contributed by atoms with Gasteiger partial charge in [0.15, 0.2) is 0 Å². The molecule has 0 heteroatoms. The minimum absolute atomic E-state index is 1.08. The lowest BCUT2D eigenvalue weighted by Gasteiger charge is -1.72. The van der Waals surface area contributed by atoms with E-state index in [1.54, 1.807) is 12.2 Å². The molecule has 0 atom stereocenters. The molecule has 0 N–H and O–H groups in total. The molecular formula is C42H84. The first kappa shape index (κ1) is 67.2. The van der Waals surface area contributed by atoms with Gasteiger partial charge in [-0.15, -0.1) is 32.9 Å². The SMILES string of the molecule is C/C=C/C.C/C=C/C.C/C=C/CC.C/C=C/CC.C=CC.C=CC.C=CCC.C=CCC.C=CCC.CC/C=C/CC. The maximum absolute atomic E-state index is 3.48. The molecule has 252 valence electrons. The van der Waals surface area contributed by atoms with Gasteiger partial charge in [-0.3, -0.25) is 0 Å². The summed E-state index contributed by atoms with van der Waals surface area (Å²) in [7, 11) is 0. The van der Waals surface area contributed by atoms with Crippen LogP contribution in [0.2, 0.25) is 0 Å². The van der Waals surface area contributed by atoms with Crippen LogP contribution < -0.4 is 0 Å². The molecule has 0 radical (unpaired) electrons. The Hall–Kier alpha value is -2.60. The summed E-state index contributed by atoms with van der Waals surface area (Å²) in [6, 6.07) is 0. The zero-order chi connectivity index (χ0) is 35.6. The van der Waals surface area contributed by atoms with E-state index in [9.17, 15) is 0 Å². The predicted octanol–water partition coefficient (Wildman–Crippen LogP) is 16.6. The van der Waals surface area contributed by atoms with E-state index in [1.807, 2.05) is 97.9 Å². The van der Waals surface area contributed by atoms with Gasteiger partial charge in [0.1, 0.15) is 0 Å². The highest BCUT2D eigenvalue weighted by atomic mass is 13.7. The normalized spacial score (nSPS) is 8.07. The third kappa shape index (κ3) is 561. The van der Waals surface area contributed by atoms with Crippen molar-refractivity contribution >= 4 is 0 Å². The van der Waals surface area contributed by atoms with E-state index in [2.05, 4.69) is 118 Å². The van der Waals surface area contributed by atoms with Crippen molar-refractivity contribution in [2.24, 2.45) is 0 Å². The summed E-state index contributed by atoms with van der Waals surface area (Å²) in [5, 5.41) is 0. The Morgan fingerprint density at radius 2 is 0.429 bits per heavy atom. The van der Waals surface area contributed by atoms with Crippen LogP contribution in [0.4, 0.5) is 0 Å². The lowest BCUT2D eigenvalue weighted by molar-refractivity contribution is 1.16. The van der Waals surface area contributed by atoms with E-state index >= 15 is 0 Å². The Morgan fingerprint density at radius 3 is 0.452 bits per heavy atom. The van der Waals surface area contributed by atoms with Gasteiger partial charge < -0.3 is 0 Å². The molecule has 0 aromatic heterocycles. The third-order valence-corrected chi connectivity index (χ3v) is 3.11. The highest BCUT2D eigenvalue weighted by molar-refractivity contribution is 4.77. The number of hydrogen-bond donors (Lipinski definition) is 0. The Labute approximate surface area is 272 Å². The van der Waals surface area contributed by atoms with E-state index in [4.69, 9.17) is 0 Å². The fourth-order valence-corrected chi connectivity index (χ4v) is 0.805. The molecule has 0 fully saturated rings. The zero-order valence-electron chi connectivity index (χ0n) is 32.1. The molecule has 0 aromatic rings. The van der Waals surface area contributed by atoms with E-state index in [-0.39, 0.29) is 0 Å². The Morgan fingerprint density at radius 1 is 0.286 bits per heavy atom. The molecule has 0 aliphatic rings. The summed E-state index contributed by atoms with van der Waals surface area (Å²) in [6.07, 6.45) is 37.8. The van der Waals surface area contributed by atoms with Crippen LogP contribution in [0.15, 0.2) is 124 Å². The second kappa shape index (κ2) is 143. The standard InChI is InChI=1S/C6H12.2C5H10.5C4H8.2C3H6/c1-3-5-6-4-2;2*1-3-5-4-2;5*1-3-4-2;2*1-3-2/h5-6H,3-4H2,1-2H3;2*3,5H,4H2,1-2H3;2*3-4H,1-2H3;3*3H,1,4H2,2H3;2*3H,1H2,2H3/b6-5+;2*5-3+;2*4-3+;;;;;. The fraction of sp³-hybridized carbons (Fsp3) is 0.524. The molecule has 0 nitrogen and oxygen atoms in total. The van der Waals surface area contributed by atoms with Gasteiger partial charge in [-0.25, -0.2) is 0 Å². The summed E-state index contributed by atoms with van der Waals surface area (Å²) in [5.74, 6) is 0. The van der Waals surface area contributed by atoms with E-state index in [1.165, 1.54) is 12.8 Å². The monoisotopic (exact) mass is 589 g/mol. The number of rotatable bonds is 7. The minimum atomic E-state index is 1.08. The van der Waals surface area contributed by atoms with Crippen molar-refractivity contribution in [2.75, 3.05) is 0 Å². The molecule has 0 saturated heterocycles. The summed E-state index contributed by atoms with van der Waals surface area (Å²) < 4.78 is 0. The van der Waals surface area contributed by atoms with Crippen LogP contribution in [-0.2, 0) is 0 Å². The first-order valence-electron chi connectivity index (χ1n) is 16.1. The van der Waals surface area contributed by atoms with Crippen LogP contribution in [-0.4, -0.2) is 0 Å². The second-order valence-electron chi connectivity index (χ2n) is 7.48. The van der Waals surface area contributed by atoms with Crippen molar-refractivity contribution in [1.82, 2.24) is 0 Å².